The summed E-state index contributed by atoms with van der Waals surface area (Å²) in [6, 6.07) is 5.92. The Labute approximate surface area is 195 Å². The van der Waals surface area contributed by atoms with Crippen LogP contribution in [0.15, 0.2) is 29.4 Å². The molecule has 0 aromatic carbocycles. The number of aromatic nitrogens is 3. The van der Waals surface area contributed by atoms with Crippen LogP contribution in [0.3, 0.4) is 0 Å². The van der Waals surface area contributed by atoms with Crippen LogP contribution in [0.2, 0.25) is 0 Å². The molecule has 2 aromatic heterocycles. The number of pyridine rings is 1. The first-order valence-electron chi connectivity index (χ1n) is 10.9. The zero-order valence-electron chi connectivity index (χ0n) is 17.8. The Morgan fingerprint density at radius 3 is 2.70 bits per heavy atom. The molecule has 8 nitrogen and oxygen atoms in total. The lowest BCUT2D eigenvalue weighted by atomic mass is 9.80. The summed E-state index contributed by atoms with van der Waals surface area (Å²) in [5.74, 6) is 1.69. The number of hydrogen-bond acceptors (Lipinski definition) is 5. The summed E-state index contributed by atoms with van der Waals surface area (Å²) in [5.41, 5.74) is 1.06. The molecule has 0 bridgehead atoms. The summed E-state index contributed by atoms with van der Waals surface area (Å²) in [5, 5.41) is 15.5. The van der Waals surface area contributed by atoms with E-state index in [4.69, 9.17) is 9.73 Å². The number of fused-ring (bicyclic) bond motifs is 1. The third-order valence-electron chi connectivity index (χ3n) is 6.16. The van der Waals surface area contributed by atoms with E-state index in [1.807, 2.05) is 28.8 Å². The topological polar surface area (TPSA) is 79.1 Å². The number of rotatable bonds is 6. The Bertz CT molecular complexity index is 813. The van der Waals surface area contributed by atoms with Crippen LogP contribution < -0.4 is 10.6 Å². The zero-order chi connectivity index (χ0) is 19.9. The van der Waals surface area contributed by atoms with Crippen LogP contribution in [0.5, 0.6) is 0 Å². The molecule has 1 saturated heterocycles. The van der Waals surface area contributed by atoms with Crippen molar-refractivity contribution >= 4 is 35.6 Å². The Morgan fingerprint density at radius 2 is 1.93 bits per heavy atom. The van der Waals surface area contributed by atoms with Crippen LogP contribution in [0.1, 0.15) is 44.9 Å². The molecule has 0 spiro atoms. The number of nitrogens with zero attached hydrogens (tertiary/aromatic N) is 5. The van der Waals surface area contributed by atoms with E-state index >= 15 is 0 Å². The number of hydrogen-bond donors (Lipinski definition) is 2. The van der Waals surface area contributed by atoms with Gasteiger partial charge in [0.25, 0.3) is 0 Å². The fourth-order valence-corrected chi connectivity index (χ4v) is 4.59. The maximum atomic E-state index is 5.60. The molecule has 0 amide bonds. The summed E-state index contributed by atoms with van der Waals surface area (Å²) in [4.78, 5) is 7.45. The monoisotopic (exact) mass is 527 g/mol. The van der Waals surface area contributed by atoms with Gasteiger partial charge in [0.05, 0.1) is 13.2 Å². The van der Waals surface area contributed by atoms with Crippen molar-refractivity contribution in [3.8, 4) is 0 Å². The lowest BCUT2D eigenvalue weighted by Crippen LogP contribution is -2.60. The van der Waals surface area contributed by atoms with E-state index < -0.39 is 0 Å². The molecule has 30 heavy (non-hydrogen) atoms. The van der Waals surface area contributed by atoms with Gasteiger partial charge < -0.3 is 15.4 Å². The third-order valence-corrected chi connectivity index (χ3v) is 6.16. The lowest BCUT2D eigenvalue weighted by Gasteiger charge is -2.48. The fraction of sp³-hybridized carbons (Fsp3) is 0.667. The fourth-order valence-electron chi connectivity index (χ4n) is 4.59. The highest BCUT2D eigenvalue weighted by Gasteiger charge is 2.38. The van der Waals surface area contributed by atoms with Crippen molar-refractivity contribution in [2.24, 2.45) is 4.99 Å². The van der Waals surface area contributed by atoms with Crippen molar-refractivity contribution < 1.29 is 4.74 Å². The van der Waals surface area contributed by atoms with Crippen molar-refractivity contribution in [3.63, 3.8) is 0 Å². The smallest absolute Gasteiger partial charge is 0.191 e. The van der Waals surface area contributed by atoms with E-state index in [0.717, 1.165) is 56.8 Å². The van der Waals surface area contributed by atoms with Crippen LogP contribution in [0, 0.1) is 0 Å². The van der Waals surface area contributed by atoms with E-state index in [9.17, 15) is 0 Å². The predicted molar refractivity (Wildman–Crippen MR) is 129 cm³/mol. The summed E-state index contributed by atoms with van der Waals surface area (Å²) >= 11 is 0. The first-order valence-corrected chi connectivity index (χ1v) is 10.9. The number of halogens is 1. The van der Waals surface area contributed by atoms with E-state index in [1.54, 1.807) is 0 Å². The second kappa shape index (κ2) is 11.2. The molecule has 2 aliphatic rings. The van der Waals surface area contributed by atoms with E-state index in [1.165, 1.54) is 32.1 Å². The quantitative estimate of drug-likeness (QED) is 0.342. The van der Waals surface area contributed by atoms with Crippen molar-refractivity contribution in [2.75, 3.05) is 39.4 Å². The van der Waals surface area contributed by atoms with Gasteiger partial charge in [-0.1, -0.05) is 25.3 Å². The van der Waals surface area contributed by atoms with Gasteiger partial charge in [-0.2, -0.15) is 0 Å². The summed E-state index contributed by atoms with van der Waals surface area (Å²) in [6.45, 7) is 8.08. The molecule has 0 radical (unpaired) electrons. The minimum atomic E-state index is 0. The summed E-state index contributed by atoms with van der Waals surface area (Å²) in [6.07, 6.45) is 8.43. The Hall–Kier alpha value is -1.46. The SMILES string of the molecule is CCNC(=NCc1nnc2ccccn12)NCC1(N2CCOCC2)CCCCC1.I. The van der Waals surface area contributed by atoms with Gasteiger partial charge in [-0.05, 0) is 31.9 Å². The van der Waals surface area contributed by atoms with Gasteiger partial charge in [0.15, 0.2) is 17.4 Å². The molecule has 4 rings (SSSR count). The number of guanidine groups is 1. The van der Waals surface area contributed by atoms with E-state index in [2.05, 4.69) is 32.7 Å². The highest BCUT2D eigenvalue weighted by atomic mass is 127. The molecular formula is C21H34IN7O. The minimum Gasteiger partial charge on any atom is -0.379 e. The number of morpholine rings is 1. The Morgan fingerprint density at radius 1 is 1.13 bits per heavy atom. The highest BCUT2D eigenvalue weighted by molar-refractivity contribution is 14.0. The van der Waals surface area contributed by atoms with Crippen molar-refractivity contribution in [3.05, 3.63) is 30.2 Å². The molecule has 1 saturated carbocycles. The second-order valence-corrected chi connectivity index (χ2v) is 7.98. The normalized spacial score (nSPS) is 20.0. The maximum absolute atomic E-state index is 5.60. The van der Waals surface area contributed by atoms with Gasteiger partial charge >= 0.3 is 0 Å². The van der Waals surface area contributed by atoms with Gasteiger partial charge in [-0.25, -0.2) is 4.99 Å². The maximum Gasteiger partial charge on any atom is 0.191 e. The molecule has 1 aliphatic carbocycles. The average Bonchev–Trinajstić information content (AvgIpc) is 3.20. The van der Waals surface area contributed by atoms with Gasteiger partial charge in [0, 0.05) is 37.9 Å². The van der Waals surface area contributed by atoms with Crippen LogP contribution in [0.4, 0.5) is 0 Å². The van der Waals surface area contributed by atoms with Gasteiger partial charge in [0.2, 0.25) is 0 Å². The Balaban J connectivity index is 0.00000256. The molecule has 2 N–H and O–H groups in total. The third kappa shape index (κ3) is 5.42. The van der Waals surface area contributed by atoms with Crippen LogP contribution in [-0.4, -0.2) is 70.4 Å². The predicted octanol–water partition coefficient (Wildman–Crippen LogP) is 2.44. The van der Waals surface area contributed by atoms with E-state index in [0.29, 0.717) is 6.54 Å². The Kier molecular flexibility index (Phi) is 8.70. The summed E-state index contributed by atoms with van der Waals surface area (Å²) in [7, 11) is 0. The molecular weight excluding hydrogens is 493 g/mol. The van der Waals surface area contributed by atoms with Crippen LogP contribution >= 0.6 is 24.0 Å². The van der Waals surface area contributed by atoms with Crippen LogP contribution in [-0.2, 0) is 11.3 Å². The van der Waals surface area contributed by atoms with Crippen molar-refractivity contribution in [2.45, 2.75) is 51.1 Å². The first kappa shape index (κ1) is 23.2. The first-order chi connectivity index (χ1) is 14.3. The largest absolute Gasteiger partial charge is 0.379 e. The number of nitrogens with one attached hydrogen (secondary N) is 2. The van der Waals surface area contributed by atoms with Gasteiger partial charge in [-0.3, -0.25) is 9.30 Å². The van der Waals surface area contributed by atoms with Gasteiger partial charge in [-0.15, -0.1) is 34.2 Å². The zero-order valence-corrected chi connectivity index (χ0v) is 20.2. The average molecular weight is 527 g/mol. The second-order valence-electron chi connectivity index (χ2n) is 7.98. The van der Waals surface area contributed by atoms with Gasteiger partial charge in [0.1, 0.15) is 6.54 Å². The van der Waals surface area contributed by atoms with Crippen molar-refractivity contribution in [1.82, 2.24) is 30.1 Å². The highest BCUT2D eigenvalue weighted by Crippen LogP contribution is 2.33. The molecule has 0 unspecified atom stereocenters. The molecule has 2 fully saturated rings. The number of ether oxygens (including phenoxy) is 1. The number of aliphatic imine (C=N–C) groups is 1. The molecule has 2 aromatic rings. The standard InChI is InChI=1S/C21H33N7O.HI/c1-2-22-20(23-16-19-26-25-18-8-4-7-11-28(18)19)24-17-21(9-5-3-6-10-21)27-12-14-29-15-13-27;/h4,7-8,11H,2-3,5-6,9-10,12-17H2,1H3,(H2,22,23,24);1H. The minimum absolute atomic E-state index is 0. The molecule has 0 atom stereocenters. The molecule has 9 heteroatoms. The molecule has 1 aliphatic heterocycles. The van der Waals surface area contributed by atoms with Crippen LogP contribution in [0.25, 0.3) is 5.65 Å². The molecule has 3 heterocycles. The van der Waals surface area contributed by atoms with E-state index in [-0.39, 0.29) is 29.5 Å². The lowest BCUT2D eigenvalue weighted by molar-refractivity contribution is -0.0352. The molecule has 166 valence electrons. The van der Waals surface area contributed by atoms with Crippen molar-refractivity contribution in [1.29, 1.82) is 0 Å². The summed E-state index contributed by atoms with van der Waals surface area (Å²) < 4.78 is 7.59.